The van der Waals surface area contributed by atoms with Crippen LogP contribution in [-0.4, -0.2) is 24.8 Å². The lowest BCUT2D eigenvalue weighted by Crippen LogP contribution is -2.28. The number of carbonyl (C=O) groups is 2. The Balaban J connectivity index is 2.77. The van der Waals surface area contributed by atoms with Gasteiger partial charge in [-0.15, -0.1) is 0 Å². The monoisotopic (exact) mass is 235 g/mol. The van der Waals surface area contributed by atoms with Crippen LogP contribution in [0.2, 0.25) is 0 Å². The summed E-state index contributed by atoms with van der Waals surface area (Å²) in [4.78, 5) is 22.7. The van der Waals surface area contributed by atoms with Gasteiger partial charge < -0.3 is 10.1 Å². The molecule has 0 atom stereocenters. The number of ketones is 1. The van der Waals surface area contributed by atoms with E-state index in [4.69, 9.17) is 4.74 Å². The molecule has 17 heavy (non-hydrogen) atoms. The van der Waals surface area contributed by atoms with Crippen molar-refractivity contribution in [2.24, 2.45) is 0 Å². The molecule has 1 aromatic carbocycles. The van der Waals surface area contributed by atoms with Crippen LogP contribution in [-0.2, 0) is 4.79 Å². The Morgan fingerprint density at radius 2 is 2.06 bits per heavy atom. The molecule has 1 amide bonds. The van der Waals surface area contributed by atoms with Crippen LogP contribution in [0.4, 0.5) is 0 Å². The summed E-state index contributed by atoms with van der Waals surface area (Å²) >= 11 is 0. The summed E-state index contributed by atoms with van der Waals surface area (Å²) in [7, 11) is 0. The summed E-state index contributed by atoms with van der Waals surface area (Å²) in [6.07, 6.45) is 0. The minimum Gasteiger partial charge on any atom is -0.483 e. The minimum atomic E-state index is -0.192. The van der Waals surface area contributed by atoms with Crippen LogP contribution in [0, 0.1) is 6.92 Å². The lowest BCUT2D eigenvalue weighted by atomic mass is 10.1. The highest BCUT2D eigenvalue weighted by molar-refractivity contribution is 5.97. The number of carbonyl (C=O) groups excluding carboxylic acids is 2. The predicted molar refractivity (Wildman–Crippen MR) is 65.4 cm³/mol. The molecule has 1 rings (SSSR count). The van der Waals surface area contributed by atoms with Gasteiger partial charge in [0.05, 0.1) is 5.56 Å². The average molecular weight is 235 g/mol. The number of ether oxygens (including phenoxy) is 1. The Labute approximate surface area is 101 Å². The number of hydrogen-bond acceptors (Lipinski definition) is 3. The molecular formula is C13H17NO3. The maximum Gasteiger partial charge on any atom is 0.257 e. The second-order valence-electron chi connectivity index (χ2n) is 3.80. The van der Waals surface area contributed by atoms with E-state index in [0.29, 0.717) is 17.9 Å². The number of nitrogens with one attached hydrogen (secondary N) is 1. The van der Waals surface area contributed by atoms with Crippen molar-refractivity contribution in [2.45, 2.75) is 20.8 Å². The Hall–Kier alpha value is -1.84. The summed E-state index contributed by atoms with van der Waals surface area (Å²) in [5, 5.41) is 2.63. The average Bonchev–Trinajstić information content (AvgIpc) is 2.27. The molecule has 1 aromatic rings. The molecule has 92 valence electrons. The third-order valence-electron chi connectivity index (χ3n) is 2.25. The van der Waals surface area contributed by atoms with Crippen molar-refractivity contribution in [1.82, 2.24) is 5.32 Å². The van der Waals surface area contributed by atoms with Gasteiger partial charge in [0.2, 0.25) is 0 Å². The van der Waals surface area contributed by atoms with Crippen LogP contribution >= 0.6 is 0 Å². The fourth-order valence-electron chi connectivity index (χ4n) is 1.44. The van der Waals surface area contributed by atoms with Crippen LogP contribution in [0.3, 0.4) is 0 Å². The van der Waals surface area contributed by atoms with E-state index in [0.717, 1.165) is 5.56 Å². The first-order chi connectivity index (χ1) is 8.04. The van der Waals surface area contributed by atoms with Gasteiger partial charge in [0.15, 0.2) is 12.4 Å². The van der Waals surface area contributed by atoms with E-state index in [1.165, 1.54) is 6.92 Å². The van der Waals surface area contributed by atoms with E-state index in [9.17, 15) is 9.59 Å². The molecule has 0 heterocycles. The molecule has 0 saturated carbocycles. The van der Waals surface area contributed by atoms with Crippen molar-refractivity contribution in [1.29, 1.82) is 0 Å². The molecular weight excluding hydrogens is 218 g/mol. The van der Waals surface area contributed by atoms with Crippen molar-refractivity contribution >= 4 is 11.7 Å². The van der Waals surface area contributed by atoms with E-state index < -0.39 is 0 Å². The Bertz CT molecular complexity index is 427. The summed E-state index contributed by atoms with van der Waals surface area (Å²) in [5.74, 6) is 0.191. The molecule has 0 aliphatic rings. The molecule has 0 bridgehead atoms. The molecule has 0 aliphatic heterocycles. The molecule has 4 nitrogen and oxygen atoms in total. The number of aryl methyl sites for hydroxylation is 1. The third kappa shape index (κ3) is 3.90. The van der Waals surface area contributed by atoms with Crippen LogP contribution in [0.1, 0.15) is 29.8 Å². The molecule has 0 aromatic heterocycles. The van der Waals surface area contributed by atoms with Gasteiger partial charge in [0.1, 0.15) is 5.75 Å². The van der Waals surface area contributed by atoms with E-state index in [2.05, 4.69) is 5.32 Å². The lowest BCUT2D eigenvalue weighted by molar-refractivity contribution is -0.122. The number of rotatable bonds is 5. The third-order valence-corrected chi connectivity index (χ3v) is 2.25. The summed E-state index contributed by atoms with van der Waals surface area (Å²) in [5.41, 5.74) is 1.50. The zero-order valence-electron chi connectivity index (χ0n) is 10.4. The highest BCUT2D eigenvalue weighted by Gasteiger charge is 2.10. The van der Waals surface area contributed by atoms with Crippen molar-refractivity contribution in [3.05, 3.63) is 29.3 Å². The van der Waals surface area contributed by atoms with Gasteiger partial charge in [0.25, 0.3) is 5.91 Å². The van der Waals surface area contributed by atoms with Gasteiger partial charge in [0, 0.05) is 6.54 Å². The fraction of sp³-hybridized carbons (Fsp3) is 0.385. The highest BCUT2D eigenvalue weighted by Crippen LogP contribution is 2.20. The maximum atomic E-state index is 11.4. The standard InChI is InChI=1S/C13H17NO3/c1-4-14-13(16)8-17-12-6-5-9(2)7-11(12)10(3)15/h5-7H,4,8H2,1-3H3,(H,14,16). The van der Waals surface area contributed by atoms with Gasteiger partial charge in [-0.05, 0) is 32.9 Å². The Morgan fingerprint density at radius 3 is 2.65 bits per heavy atom. The summed E-state index contributed by atoms with van der Waals surface area (Å²) in [6.45, 7) is 5.71. The smallest absolute Gasteiger partial charge is 0.257 e. The van der Waals surface area contributed by atoms with Gasteiger partial charge in [-0.2, -0.15) is 0 Å². The molecule has 0 fully saturated rings. The van der Waals surface area contributed by atoms with Crippen molar-refractivity contribution in [2.75, 3.05) is 13.2 Å². The van der Waals surface area contributed by atoms with Crippen LogP contribution in [0.15, 0.2) is 18.2 Å². The zero-order valence-corrected chi connectivity index (χ0v) is 10.4. The summed E-state index contributed by atoms with van der Waals surface area (Å²) < 4.78 is 5.33. The number of hydrogen-bond donors (Lipinski definition) is 1. The van der Waals surface area contributed by atoms with Gasteiger partial charge in [-0.3, -0.25) is 9.59 Å². The molecule has 0 spiro atoms. The normalized spacial score (nSPS) is 9.82. The van der Waals surface area contributed by atoms with Gasteiger partial charge in [-0.1, -0.05) is 11.6 Å². The van der Waals surface area contributed by atoms with E-state index >= 15 is 0 Å². The topological polar surface area (TPSA) is 55.4 Å². The molecule has 4 heteroatoms. The van der Waals surface area contributed by atoms with Crippen LogP contribution in [0.25, 0.3) is 0 Å². The van der Waals surface area contributed by atoms with Crippen molar-refractivity contribution in [3.8, 4) is 5.75 Å². The zero-order chi connectivity index (χ0) is 12.8. The SMILES string of the molecule is CCNC(=O)COc1ccc(C)cc1C(C)=O. The maximum absolute atomic E-state index is 11.4. The first-order valence-electron chi connectivity index (χ1n) is 5.55. The number of benzene rings is 1. The molecule has 0 unspecified atom stereocenters. The van der Waals surface area contributed by atoms with Crippen LogP contribution < -0.4 is 10.1 Å². The highest BCUT2D eigenvalue weighted by atomic mass is 16.5. The second-order valence-corrected chi connectivity index (χ2v) is 3.80. The van der Waals surface area contributed by atoms with Crippen LogP contribution in [0.5, 0.6) is 5.75 Å². The Morgan fingerprint density at radius 1 is 1.35 bits per heavy atom. The first kappa shape index (κ1) is 13.2. The van der Waals surface area contributed by atoms with E-state index in [1.807, 2.05) is 19.9 Å². The Kier molecular flexibility index (Phi) is 4.69. The quantitative estimate of drug-likeness (QED) is 0.790. The van der Waals surface area contributed by atoms with Crippen molar-refractivity contribution in [3.63, 3.8) is 0 Å². The van der Waals surface area contributed by atoms with Gasteiger partial charge >= 0.3 is 0 Å². The molecule has 1 N–H and O–H groups in total. The molecule has 0 radical (unpaired) electrons. The number of amides is 1. The van der Waals surface area contributed by atoms with E-state index in [-0.39, 0.29) is 18.3 Å². The van der Waals surface area contributed by atoms with Crippen molar-refractivity contribution < 1.29 is 14.3 Å². The number of likely N-dealkylation sites (N-methyl/N-ethyl adjacent to an activating group) is 1. The predicted octanol–water partition coefficient (Wildman–Crippen LogP) is 1.71. The van der Waals surface area contributed by atoms with Gasteiger partial charge in [-0.25, -0.2) is 0 Å². The minimum absolute atomic E-state index is 0.0698. The summed E-state index contributed by atoms with van der Waals surface area (Å²) in [6, 6.07) is 5.32. The largest absolute Gasteiger partial charge is 0.483 e. The second kappa shape index (κ2) is 6.03. The number of Topliss-reactive ketones (excluding diaryl/α,β-unsaturated/α-hetero) is 1. The first-order valence-corrected chi connectivity index (χ1v) is 5.55. The molecule has 0 aliphatic carbocycles. The molecule has 0 saturated heterocycles. The van der Waals surface area contributed by atoms with E-state index in [1.54, 1.807) is 12.1 Å². The fourth-order valence-corrected chi connectivity index (χ4v) is 1.44. The lowest BCUT2D eigenvalue weighted by Gasteiger charge is -2.10.